The molecular formula is C20H25NO5S. The highest BCUT2D eigenvalue weighted by Crippen LogP contribution is 2.15. The van der Waals surface area contributed by atoms with Gasteiger partial charge in [-0.3, -0.25) is 0 Å². The largest absolute Gasteiger partial charge is 0.491 e. The van der Waals surface area contributed by atoms with E-state index in [1.807, 2.05) is 38.1 Å². The number of esters is 1. The van der Waals surface area contributed by atoms with Crippen molar-refractivity contribution in [1.82, 2.24) is 4.72 Å². The topological polar surface area (TPSA) is 81.7 Å². The fourth-order valence-electron chi connectivity index (χ4n) is 2.50. The van der Waals surface area contributed by atoms with Gasteiger partial charge in [0.15, 0.2) is 0 Å². The summed E-state index contributed by atoms with van der Waals surface area (Å²) in [4.78, 5) is 11.6. The predicted molar refractivity (Wildman–Crippen MR) is 103 cm³/mol. The van der Waals surface area contributed by atoms with Crippen molar-refractivity contribution in [2.24, 2.45) is 0 Å². The molecule has 0 aliphatic rings. The van der Waals surface area contributed by atoms with Gasteiger partial charge < -0.3 is 9.47 Å². The molecule has 27 heavy (non-hydrogen) atoms. The van der Waals surface area contributed by atoms with Gasteiger partial charge >= 0.3 is 5.97 Å². The number of rotatable bonds is 9. The van der Waals surface area contributed by atoms with Gasteiger partial charge in [0.05, 0.1) is 23.7 Å². The zero-order chi connectivity index (χ0) is 19.9. The van der Waals surface area contributed by atoms with E-state index in [1.165, 1.54) is 31.4 Å². The first-order chi connectivity index (χ1) is 12.8. The minimum atomic E-state index is -3.68. The van der Waals surface area contributed by atoms with Crippen LogP contribution < -0.4 is 9.46 Å². The van der Waals surface area contributed by atoms with Crippen LogP contribution in [-0.2, 0) is 21.2 Å². The van der Waals surface area contributed by atoms with Crippen molar-refractivity contribution in [3.05, 3.63) is 59.7 Å². The average Bonchev–Trinajstić information content (AvgIpc) is 2.65. The number of sulfonamides is 1. The van der Waals surface area contributed by atoms with E-state index in [0.717, 1.165) is 17.7 Å². The summed E-state index contributed by atoms with van der Waals surface area (Å²) in [5, 5.41) is 0. The molecule has 2 aromatic rings. The van der Waals surface area contributed by atoms with E-state index in [9.17, 15) is 13.2 Å². The monoisotopic (exact) mass is 391 g/mol. The highest BCUT2D eigenvalue weighted by molar-refractivity contribution is 7.89. The molecule has 1 N–H and O–H groups in total. The van der Waals surface area contributed by atoms with Crippen molar-refractivity contribution < 1.29 is 22.7 Å². The number of benzene rings is 2. The van der Waals surface area contributed by atoms with Crippen LogP contribution >= 0.6 is 0 Å². The second-order valence-electron chi connectivity index (χ2n) is 6.33. The summed E-state index contributed by atoms with van der Waals surface area (Å²) in [7, 11) is -2.42. The summed E-state index contributed by atoms with van der Waals surface area (Å²) in [6.45, 7) is 4.25. The molecule has 0 heterocycles. The fraction of sp³-hybridized carbons (Fsp3) is 0.350. The van der Waals surface area contributed by atoms with E-state index >= 15 is 0 Å². The minimum absolute atomic E-state index is 0.0422. The normalized spacial score (nSPS) is 11.4. The second-order valence-corrected chi connectivity index (χ2v) is 8.10. The zero-order valence-corrected chi connectivity index (χ0v) is 16.6. The van der Waals surface area contributed by atoms with Gasteiger partial charge in [0.25, 0.3) is 0 Å². The summed E-state index contributed by atoms with van der Waals surface area (Å²) in [5.74, 6) is 0.247. The van der Waals surface area contributed by atoms with Crippen molar-refractivity contribution in [3.8, 4) is 5.75 Å². The molecule has 2 rings (SSSR count). The maximum atomic E-state index is 12.4. The third kappa shape index (κ3) is 6.37. The van der Waals surface area contributed by atoms with E-state index in [4.69, 9.17) is 4.74 Å². The molecular weight excluding hydrogens is 366 g/mol. The molecule has 0 aliphatic heterocycles. The van der Waals surface area contributed by atoms with Gasteiger partial charge in [-0.25, -0.2) is 17.9 Å². The van der Waals surface area contributed by atoms with E-state index < -0.39 is 16.0 Å². The quantitative estimate of drug-likeness (QED) is 0.524. The van der Waals surface area contributed by atoms with Crippen LogP contribution in [0.15, 0.2) is 53.4 Å². The summed E-state index contributed by atoms with van der Waals surface area (Å²) >= 11 is 0. The molecule has 0 aliphatic carbocycles. The smallest absolute Gasteiger partial charge is 0.337 e. The third-order valence-corrected chi connectivity index (χ3v) is 5.25. The molecule has 146 valence electrons. The van der Waals surface area contributed by atoms with E-state index in [-0.39, 0.29) is 16.6 Å². The van der Waals surface area contributed by atoms with Crippen LogP contribution in [0.1, 0.15) is 36.2 Å². The van der Waals surface area contributed by atoms with Gasteiger partial charge in [-0.1, -0.05) is 18.2 Å². The van der Waals surface area contributed by atoms with Crippen LogP contribution in [0.5, 0.6) is 5.75 Å². The number of methoxy groups -OCH3 is 1. The van der Waals surface area contributed by atoms with E-state index in [2.05, 4.69) is 9.46 Å². The van der Waals surface area contributed by atoms with Gasteiger partial charge in [-0.15, -0.1) is 0 Å². The Labute approximate surface area is 160 Å². The SMILES string of the molecule is COC(=O)c1cccc(S(=O)(=O)NCCCc2ccc(OC(C)C)cc2)c1. The van der Waals surface area contributed by atoms with E-state index in [0.29, 0.717) is 13.0 Å². The highest BCUT2D eigenvalue weighted by atomic mass is 32.2. The number of hydrogen-bond acceptors (Lipinski definition) is 5. The summed E-state index contributed by atoms with van der Waals surface area (Å²) in [5.41, 5.74) is 1.31. The number of hydrogen-bond donors (Lipinski definition) is 1. The molecule has 6 nitrogen and oxygen atoms in total. The Kier molecular flexibility index (Phi) is 7.38. The van der Waals surface area contributed by atoms with E-state index in [1.54, 1.807) is 0 Å². The number of ether oxygens (including phenoxy) is 2. The number of nitrogens with one attached hydrogen (secondary N) is 1. The molecule has 0 bridgehead atoms. The van der Waals surface area contributed by atoms with Crippen molar-refractivity contribution >= 4 is 16.0 Å². The van der Waals surface area contributed by atoms with Gasteiger partial charge in [0.1, 0.15) is 5.75 Å². The Hall–Kier alpha value is -2.38. The molecule has 0 radical (unpaired) electrons. The van der Waals surface area contributed by atoms with Gasteiger partial charge in [-0.2, -0.15) is 0 Å². The van der Waals surface area contributed by atoms with Gasteiger partial charge in [-0.05, 0) is 62.6 Å². The lowest BCUT2D eigenvalue weighted by molar-refractivity contribution is 0.0600. The van der Waals surface area contributed by atoms with Crippen LogP contribution in [0.2, 0.25) is 0 Å². The van der Waals surface area contributed by atoms with Crippen LogP contribution in [0, 0.1) is 0 Å². The molecule has 7 heteroatoms. The molecule has 0 amide bonds. The van der Waals surface area contributed by atoms with Crippen molar-refractivity contribution in [3.63, 3.8) is 0 Å². The summed E-state index contributed by atoms with van der Waals surface area (Å²) in [6, 6.07) is 13.6. The third-order valence-electron chi connectivity index (χ3n) is 3.79. The number of carbonyl (C=O) groups excluding carboxylic acids is 1. The Morgan fingerprint density at radius 1 is 1.11 bits per heavy atom. The molecule has 2 aromatic carbocycles. The van der Waals surface area contributed by atoms with Crippen LogP contribution in [0.25, 0.3) is 0 Å². The first kappa shape index (κ1) is 20.9. The van der Waals surface area contributed by atoms with Gasteiger partial charge in [0.2, 0.25) is 10.0 Å². The van der Waals surface area contributed by atoms with Crippen LogP contribution in [-0.4, -0.2) is 34.1 Å². The van der Waals surface area contributed by atoms with Crippen molar-refractivity contribution in [1.29, 1.82) is 0 Å². The van der Waals surface area contributed by atoms with Crippen molar-refractivity contribution in [2.75, 3.05) is 13.7 Å². The van der Waals surface area contributed by atoms with Gasteiger partial charge in [0, 0.05) is 6.54 Å². The predicted octanol–water partition coefficient (Wildman–Crippen LogP) is 3.17. The van der Waals surface area contributed by atoms with Crippen LogP contribution in [0.3, 0.4) is 0 Å². The maximum absolute atomic E-state index is 12.4. The molecule has 0 unspecified atom stereocenters. The first-order valence-corrected chi connectivity index (χ1v) is 10.2. The Morgan fingerprint density at radius 2 is 1.81 bits per heavy atom. The minimum Gasteiger partial charge on any atom is -0.491 e. The molecule has 0 aromatic heterocycles. The van der Waals surface area contributed by atoms with Crippen molar-refractivity contribution in [2.45, 2.75) is 37.7 Å². The lowest BCUT2D eigenvalue weighted by atomic mass is 10.1. The molecule has 0 fully saturated rings. The number of aryl methyl sites for hydroxylation is 1. The Balaban J connectivity index is 1.88. The summed E-state index contributed by atoms with van der Waals surface area (Å²) < 4.78 is 37.5. The molecule has 0 atom stereocenters. The Morgan fingerprint density at radius 3 is 2.44 bits per heavy atom. The molecule has 0 spiro atoms. The zero-order valence-electron chi connectivity index (χ0n) is 15.8. The molecule has 0 saturated carbocycles. The molecule has 0 saturated heterocycles. The first-order valence-electron chi connectivity index (χ1n) is 8.75. The average molecular weight is 391 g/mol. The fourth-order valence-corrected chi connectivity index (χ4v) is 3.62. The summed E-state index contributed by atoms with van der Waals surface area (Å²) in [6.07, 6.45) is 1.52. The lowest BCUT2D eigenvalue weighted by Crippen LogP contribution is -2.25. The van der Waals surface area contributed by atoms with Crippen LogP contribution in [0.4, 0.5) is 0 Å². The maximum Gasteiger partial charge on any atom is 0.337 e. The second kappa shape index (κ2) is 9.53. The highest BCUT2D eigenvalue weighted by Gasteiger charge is 2.16. The Bertz CT molecular complexity index is 860. The standard InChI is InChI=1S/C20H25NO5S/c1-15(2)26-18-11-9-16(10-12-18)6-5-13-21-27(23,24)19-8-4-7-17(14-19)20(22)25-3/h4,7-12,14-15,21H,5-6,13H2,1-3H3. The number of carbonyl (C=O) groups is 1. The lowest BCUT2D eigenvalue weighted by Gasteiger charge is -2.10.